The van der Waals surface area contributed by atoms with E-state index in [1.165, 1.54) is 37.1 Å². The van der Waals surface area contributed by atoms with Gasteiger partial charge in [-0.3, -0.25) is 0 Å². The van der Waals surface area contributed by atoms with Gasteiger partial charge in [-0.05, 0) is 25.0 Å². The minimum Gasteiger partial charge on any atom is -1.00 e. The third-order valence-electron chi connectivity index (χ3n) is 4.35. The molecule has 0 saturated heterocycles. The molecule has 0 aliphatic rings. The number of aromatic nitrogens is 4. The number of benzene rings is 1. The van der Waals surface area contributed by atoms with Crippen LogP contribution in [0.25, 0.3) is 11.4 Å². The van der Waals surface area contributed by atoms with Gasteiger partial charge in [0, 0.05) is 6.07 Å². The maximum Gasteiger partial charge on any atom is 0.248 e. The first kappa shape index (κ1) is 22.6. The lowest BCUT2D eigenvalue weighted by Gasteiger charge is -1.99. The van der Waals surface area contributed by atoms with Gasteiger partial charge in [0.2, 0.25) is 12.7 Å². The summed E-state index contributed by atoms with van der Waals surface area (Å²) >= 11 is 0. The molecule has 0 aliphatic carbocycles. The molecule has 1 aromatic carbocycles. The minimum atomic E-state index is 0. The van der Waals surface area contributed by atoms with Crippen molar-refractivity contribution in [3.63, 3.8) is 0 Å². The summed E-state index contributed by atoms with van der Waals surface area (Å²) in [6, 6.07) is 8.66. The molecule has 142 valence electrons. The molecule has 26 heavy (non-hydrogen) atoms. The van der Waals surface area contributed by atoms with E-state index in [0.29, 0.717) is 0 Å². The summed E-state index contributed by atoms with van der Waals surface area (Å²) in [7, 11) is 0. The van der Waals surface area contributed by atoms with E-state index >= 15 is 0 Å². The van der Waals surface area contributed by atoms with Crippen molar-refractivity contribution in [1.29, 1.82) is 0 Å². The van der Waals surface area contributed by atoms with E-state index in [1.807, 2.05) is 0 Å². The zero-order valence-electron chi connectivity index (χ0n) is 15.6. The van der Waals surface area contributed by atoms with Crippen molar-refractivity contribution in [3.05, 3.63) is 61.7 Å². The number of imidazole rings is 2. The van der Waals surface area contributed by atoms with Gasteiger partial charge in [0.25, 0.3) is 0 Å². The molecule has 0 fully saturated rings. The van der Waals surface area contributed by atoms with Crippen LogP contribution in [0, 0.1) is 0 Å². The van der Waals surface area contributed by atoms with Crippen LogP contribution in [0.15, 0.2) is 61.7 Å². The van der Waals surface area contributed by atoms with Gasteiger partial charge in [0.15, 0.2) is 0 Å². The third-order valence-corrected chi connectivity index (χ3v) is 4.35. The van der Waals surface area contributed by atoms with E-state index in [0.717, 1.165) is 13.1 Å². The largest absolute Gasteiger partial charge is 1.00 e. The average Bonchev–Trinajstić information content (AvgIpc) is 3.28. The van der Waals surface area contributed by atoms with Crippen LogP contribution >= 0.6 is 0 Å². The number of rotatable bonds is 8. The molecule has 0 saturated carbocycles. The van der Waals surface area contributed by atoms with Gasteiger partial charge in [-0.2, -0.15) is 0 Å². The van der Waals surface area contributed by atoms with Crippen LogP contribution in [0.2, 0.25) is 0 Å². The highest BCUT2D eigenvalue weighted by Gasteiger charge is 2.11. The van der Waals surface area contributed by atoms with Crippen LogP contribution < -0.4 is 43.1 Å². The standard InChI is InChI=1S/C20H28N4.2BrH/c1-3-5-10-21-12-14-23(17-21)19-8-7-9-20(16-19)24-15-13-22(18-24)11-6-4-2;;/h7-9,12-18H,3-6,10-11H2,1-2H3;2*1H/q+2;;/p-2. The SMILES string of the molecule is CCCC[n+]1ccn(-c2cccc(-n3cc[n+](CCCC)c3)c2)c1.[Br-].[Br-]. The van der Waals surface area contributed by atoms with Gasteiger partial charge in [-0.15, -0.1) is 0 Å². The number of hydrogen-bond acceptors (Lipinski definition) is 0. The molecular formula is C20H28Br2N4. The molecule has 0 unspecified atom stereocenters. The predicted molar refractivity (Wildman–Crippen MR) is 95.3 cm³/mol. The van der Waals surface area contributed by atoms with Crippen LogP contribution in [-0.4, -0.2) is 9.13 Å². The van der Waals surface area contributed by atoms with E-state index < -0.39 is 0 Å². The Bertz CT molecular complexity index is 718. The Morgan fingerprint density at radius 3 is 1.65 bits per heavy atom. The summed E-state index contributed by atoms with van der Waals surface area (Å²) in [6.07, 6.45) is 17.8. The molecule has 3 aromatic rings. The van der Waals surface area contributed by atoms with E-state index in [9.17, 15) is 0 Å². The lowest BCUT2D eigenvalue weighted by molar-refractivity contribution is -0.696. The summed E-state index contributed by atoms with van der Waals surface area (Å²) in [6.45, 7) is 6.62. The first-order chi connectivity index (χ1) is 11.8. The minimum absolute atomic E-state index is 0. The summed E-state index contributed by atoms with van der Waals surface area (Å²) in [5, 5.41) is 0. The molecule has 2 aromatic heterocycles. The number of hydrogen-bond donors (Lipinski definition) is 0. The van der Waals surface area contributed by atoms with Gasteiger partial charge in [0.05, 0.1) is 13.1 Å². The molecule has 2 heterocycles. The molecule has 0 bridgehead atoms. The number of nitrogens with zero attached hydrogens (tertiary/aromatic N) is 4. The van der Waals surface area contributed by atoms with Crippen molar-refractivity contribution in [1.82, 2.24) is 9.13 Å². The zero-order chi connectivity index (χ0) is 16.8. The predicted octanol–water partition coefficient (Wildman–Crippen LogP) is -2.55. The normalized spacial score (nSPS) is 10.2. The van der Waals surface area contributed by atoms with E-state index in [2.05, 4.69) is 93.8 Å². The van der Waals surface area contributed by atoms with Gasteiger partial charge < -0.3 is 34.0 Å². The molecule has 0 N–H and O–H groups in total. The fraction of sp³-hybridized carbons (Fsp3) is 0.400. The van der Waals surface area contributed by atoms with Crippen molar-refractivity contribution in [2.75, 3.05) is 0 Å². The average molecular weight is 484 g/mol. The lowest BCUT2D eigenvalue weighted by atomic mass is 10.2. The van der Waals surface area contributed by atoms with Crippen LogP contribution in [0.5, 0.6) is 0 Å². The molecule has 0 aliphatic heterocycles. The van der Waals surface area contributed by atoms with Gasteiger partial charge >= 0.3 is 0 Å². The summed E-state index contributed by atoms with van der Waals surface area (Å²) in [5.74, 6) is 0. The molecule has 4 nitrogen and oxygen atoms in total. The molecule has 3 rings (SSSR count). The number of unbranched alkanes of at least 4 members (excludes halogenated alkanes) is 2. The quantitative estimate of drug-likeness (QED) is 0.314. The van der Waals surface area contributed by atoms with Gasteiger partial charge in [0.1, 0.15) is 36.2 Å². The Morgan fingerprint density at radius 2 is 1.23 bits per heavy atom. The highest BCUT2D eigenvalue weighted by Crippen LogP contribution is 2.13. The van der Waals surface area contributed by atoms with Gasteiger partial charge in [-0.25, -0.2) is 18.3 Å². The lowest BCUT2D eigenvalue weighted by Crippen LogP contribution is -3.00. The van der Waals surface area contributed by atoms with Crippen molar-refractivity contribution in [2.45, 2.75) is 52.6 Å². The monoisotopic (exact) mass is 482 g/mol. The van der Waals surface area contributed by atoms with Crippen LogP contribution in [0.3, 0.4) is 0 Å². The van der Waals surface area contributed by atoms with Gasteiger partial charge in [-0.1, -0.05) is 32.8 Å². The highest BCUT2D eigenvalue weighted by molar-refractivity contribution is 5.43. The van der Waals surface area contributed by atoms with E-state index in [-0.39, 0.29) is 34.0 Å². The number of aryl methyl sites for hydroxylation is 2. The Labute approximate surface area is 177 Å². The van der Waals surface area contributed by atoms with Crippen LogP contribution in [0.1, 0.15) is 39.5 Å². The van der Waals surface area contributed by atoms with Crippen molar-refractivity contribution >= 4 is 0 Å². The molecule has 6 heteroatoms. The molecule has 0 atom stereocenters. The second kappa shape index (κ2) is 11.3. The third kappa shape index (κ3) is 5.81. The second-order valence-corrected chi connectivity index (χ2v) is 6.34. The summed E-state index contributed by atoms with van der Waals surface area (Å²) < 4.78 is 8.89. The topological polar surface area (TPSA) is 17.6 Å². The smallest absolute Gasteiger partial charge is 0.248 e. The first-order valence-electron chi connectivity index (χ1n) is 9.05. The fourth-order valence-electron chi connectivity index (χ4n) is 2.85. The second-order valence-electron chi connectivity index (χ2n) is 6.34. The maximum atomic E-state index is 2.25. The highest BCUT2D eigenvalue weighted by atomic mass is 79.9. The number of halogens is 2. The van der Waals surface area contributed by atoms with Crippen molar-refractivity contribution in [2.24, 2.45) is 0 Å². The molecule has 0 amide bonds. The van der Waals surface area contributed by atoms with E-state index in [4.69, 9.17) is 0 Å². The van der Waals surface area contributed by atoms with Crippen molar-refractivity contribution in [3.8, 4) is 11.4 Å². The maximum absolute atomic E-state index is 2.25. The Hall–Kier alpha value is -1.40. The van der Waals surface area contributed by atoms with E-state index in [1.54, 1.807) is 0 Å². The zero-order valence-corrected chi connectivity index (χ0v) is 18.7. The summed E-state index contributed by atoms with van der Waals surface area (Å²) in [4.78, 5) is 0. The summed E-state index contributed by atoms with van der Waals surface area (Å²) in [5.41, 5.74) is 2.38. The molecular weight excluding hydrogens is 456 g/mol. The first-order valence-corrected chi connectivity index (χ1v) is 9.05. The molecule has 0 spiro atoms. The Morgan fingerprint density at radius 1 is 0.769 bits per heavy atom. The van der Waals surface area contributed by atoms with Crippen LogP contribution in [0.4, 0.5) is 0 Å². The van der Waals surface area contributed by atoms with Crippen LogP contribution in [-0.2, 0) is 13.1 Å². The Kier molecular flexibility index (Phi) is 9.88. The van der Waals surface area contributed by atoms with Crippen molar-refractivity contribution < 1.29 is 43.1 Å². The molecule has 0 radical (unpaired) electrons. The fourth-order valence-corrected chi connectivity index (χ4v) is 2.85. The Balaban J connectivity index is 0.00000169.